The molecule has 0 radical (unpaired) electrons. The van der Waals surface area contributed by atoms with Crippen molar-refractivity contribution in [2.45, 2.75) is 45.0 Å². The lowest BCUT2D eigenvalue weighted by molar-refractivity contribution is -0.137. The second-order valence-corrected chi connectivity index (χ2v) is 7.51. The molecule has 0 bridgehead atoms. The van der Waals surface area contributed by atoms with E-state index in [1.165, 1.54) is 0 Å². The maximum Gasteiger partial charge on any atom is 0.417 e. The lowest BCUT2D eigenvalue weighted by Gasteiger charge is -2.23. The summed E-state index contributed by atoms with van der Waals surface area (Å²) in [4.78, 5) is 38.7. The summed E-state index contributed by atoms with van der Waals surface area (Å²) in [5, 5.41) is 4.56. The molecule has 2 rings (SSSR count). The largest absolute Gasteiger partial charge is 0.444 e. The van der Waals surface area contributed by atoms with E-state index in [-0.39, 0.29) is 6.42 Å². The average molecular weight is 425 g/mol. The number of carbonyl (C=O) groups excluding carboxylic acids is 2. The van der Waals surface area contributed by atoms with E-state index in [2.05, 4.69) is 10.6 Å². The Morgan fingerprint density at radius 1 is 1.13 bits per heavy atom. The number of H-pyrrole nitrogens is 1. The maximum atomic E-state index is 12.9. The molecule has 3 N–H and O–H groups in total. The summed E-state index contributed by atoms with van der Waals surface area (Å²) >= 11 is 0. The molecule has 0 saturated carbocycles. The van der Waals surface area contributed by atoms with Gasteiger partial charge < -0.3 is 20.4 Å². The normalized spacial score (nSPS) is 12.7. The molecule has 7 nitrogen and oxygen atoms in total. The van der Waals surface area contributed by atoms with Gasteiger partial charge in [0.1, 0.15) is 17.3 Å². The molecule has 30 heavy (non-hydrogen) atoms. The Kier molecular flexibility index (Phi) is 6.91. The number of hydrogen-bond donors (Lipinski definition) is 3. The summed E-state index contributed by atoms with van der Waals surface area (Å²) in [6.07, 6.45) is -5.04. The van der Waals surface area contributed by atoms with E-state index in [0.717, 1.165) is 0 Å². The van der Waals surface area contributed by atoms with Gasteiger partial charge in [0.25, 0.3) is 5.56 Å². The number of aromatic amines is 1. The van der Waals surface area contributed by atoms with Crippen molar-refractivity contribution in [2.24, 2.45) is 0 Å². The number of rotatable bonds is 5. The van der Waals surface area contributed by atoms with E-state index in [0.29, 0.717) is 17.8 Å². The van der Waals surface area contributed by atoms with Crippen LogP contribution in [0.15, 0.2) is 47.4 Å². The first-order valence-corrected chi connectivity index (χ1v) is 8.99. The highest BCUT2D eigenvalue weighted by Crippen LogP contribution is 2.29. The molecule has 0 aliphatic heterocycles. The minimum Gasteiger partial charge on any atom is -0.444 e. The minimum absolute atomic E-state index is 0.0305. The minimum atomic E-state index is -4.71. The van der Waals surface area contributed by atoms with E-state index >= 15 is 0 Å². The number of hydrogen-bond acceptors (Lipinski definition) is 4. The standard InChI is InChI=1S/C20H22F3N3O4/c1-19(2,3)30-18(29)26-14(9-12-7-5-4-6-8-12)17(28)25-15-10-13(20(21,22)23)11-24-16(15)27/h4-8,10-11,14H,9H2,1-3H3,(H,24,27)(H,25,28)(H,26,29). The molecular weight excluding hydrogens is 403 g/mol. The van der Waals surface area contributed by atoms with Crippen molar-refractivity contribution in [3.05, 3.63) is 64.1 Å². The van der Waals surface area contributed by atoms with Crippen LogP contribution in [0, 0.1) is 0 Å². The van der Waals surface area contributed by atoms with Crippen LogP contribution >= 0.6 is 0 Å². The smallest absolute Gasteiger partial charge is 0.417 e. The third kappa shape index (κ3) is 6.94. The average Bonchev–Trinajstić information content (AvgIpc) is 2.61. The van der Waals surface area contributed by atoms with Gasteiger partial charge in [0, 0.05) is 12.6 Å². The Morgan fingerprint density at radius 2 is 1.77 bits per heavy atom. The Morgan fingerprint density at radius 3 is 2.33 bits per heavy atom. The monoisotopic (exact) mass is 425 g/mol. The first-order chi connectivity index (χ1) is 13.8. The third-order valence-electron chi connectivity index (χ3n) is 3.78. The molecule has 0 fully saturated rings. The lowest BCUT2D eigenvalue weighted by atomic mass is 10.1. The third-order valence-corrected chi connectivity index (χ3v) is 3.78. The van der Waals surface area contributed by atoms with Crippen LogP contribution in [0.4, 0.5) is 23.7 Å². The number of benzene rings is 1. The highest BCUT2D eigenvalue weighted by molar-refractivity contribution is 5.96. The van der Waals surface area contributed by atoms with Crippen LogP contribution in [0.1, 0.15) is 31.9 Å². The van der Waals surface area contributed by atoms with Gasteiger partial charge in [-0.25, -0.2) is 4.79 Å². The van der Waals surface area contributed by atoms with Gasteiger partial charge in [-0.2, -0.15) is 13.2 Å². The fraction of sp³-hybridized carbons (Fsp3) is 0.350. The van der Waals surface area contributed by atoms with Crippen molar-refractivity contribution in [3.8, 4) is 0 Å². The predicted molar refractivity (Wildman–Crippen MR) is 104 cm³/mol. The molecule has 1 unspecified atom stereocenters. The molecule has 1 atom stereocenters. The van der Waals surface area contributed by atoms with Crippen LogP contribution in [-0.2, 0) is 22.1 Å². The fourth-order valence-corrected chi connectivity index (χ4v) is 2.47. The second kappa shape index (κ2) is 9.02. The zero-order valence-corrected chi connectivity index (χ0v) is 16.6. The van der Waals surface area contributed by atoms with Crippen LogP contribution < -0.4 is 16.2 Å². The highest BCUT2D eigenvalue weighted by Gasteiger charge is 2.32. The Balaban J connectivity index is 2.26. The number of aromatic nitrogens is 1. The number of anilines is 1. The number of amides is 2. The quantitative estimate of drug-likeness (QED) is 0.683. The molecule has 0 aliphatic carbocycles. The zero-order chi connectivity index (χ0) is 22.5. The van der Waals surface area contributed by atoms with Crippen LogP contribution in [0.3, 0.4) is 0 Å². The first kappa shape index (κ1) is 23.0. The summed E-state index contributed by atoms with van der Waals surface area (Å²) in [6.45, 7) is 4.92. The van der Waals surface area contributed by atoms with Gasteiger partial charge in [-0.15, -0.1) is 0 Å². The van der Waals surface area contributed by atoms with E-state index in [9.17, 15) is 27.6 Å². The number of ether oxygens (including phenoxy) is 1. The number of pyridine rings is 1. The SMILES string of the molecule is CC(C)(C)OC(=O)NC(Cc1ccccc1)C(=O)Nc1cc(C(F)(F)F)c[nH]c1=O. The van der Waals surface area contributed by atoms with Crippen LogP contribution in [0.25, 0.3) is 0 Å². The van der Waals surface area contributed by atoms with Crippen molar-refractivity contribution >= 4 is 17.7 Å². The molecule has 2 aromatic rings. The van der Waals surface area contributed by atoms with E-state index in [4.69, 9.17) is 4.74 Å². The number of halogens is 3. The molecule has 1 aromatic heterocycles. The lowest BCUT2D eigenvalue weighted by Crippen LogP contribution is -2.47. The summed E-state index contributed by atoms with van der Waals surface area (Å²) in [7, 11) is 0. The van der Waals surface area contributed by atoms with Gasteiger partial charge in [0.15, 0.2) is 0 Å². The second-order valence-electron chi connectivity index (χ2n) is 7.51. The Labute approximate surface area is 170 Å². The molecule has 1 heterocycles. The number of nitrogens with one attached hydrogen (secondary N) is 3. The molecular formula is C20H22F3N3O4. The van der Waals surface area contributed by atoms with Gasteiger partial charge >= 0.3 is 12.3 Å². The van der Waals surface area contributed by atoms with Crippen molar-refractivity contribution in [1.29, 1.82) is 0 Å². The molecule has 10 heteroatoms. The van der Waals surface area contributed by atoms with Gasteiger partial charge in [0.2, 0.25) is 5.91 Å². The maximum absolute atomic E-state index is 12.9. The molecule has 2 amide bonds. The van der Waals surface area contributed by atoms with Crippen LogP contribution in [0.5, 0.6) is 0 Å². The fourth-order valence-electron chi connectivity index (χ4n) is 2.47. The summed E-state index contributed by atoms with van der Waals surface area (Å²) in [5.74, 6) is -0.866. The van der Waals surface area contributed by atoms with Gasteiger partial charge in [-0.1, -0.05) is 30.3 Å². The highest BCUT2D eigenvalue weighted by atomic mass is 19.4. The van der Waals surface area contributed by atoms with E-state index < -0.39 is 46.6 Å². The summed E-state index contributed by atoms with van der Waals surface area (Å²) < 4.78 is 43.9. The molecule has 1 aromatic carbocycles. The Hall–Kier alpha value is -3.30. The van der Waals surface area contributed by atoms with Crippen LogP contribution in [-0.4, -0.2) is 28.6 Å². The molecule has 162 valence electrons. The molecule has 0 aliphatic rings. The van der Waals surface area contributed by atoms with Crippen molar-refractivity contribution in [3.63, 3.8) is 0 Å². The predicted octanol–water partition coefficient (Wildman–Crippen LogP) is 3.47. The van der Waals surface area contributed by atoms with E-state index in [1.807, 2.05) is 4.98 Å². The topological polar surface area (TPSA) is 100 Å². The van der Waals surface area contributed by atoms with Gasteiger partial charge in [-0.05, 0) is 32.4 Å². The summed E-state index contributed by atoms with van der Waals surface area (Å²) in [6, 6.07) is 8.00. The molecule has 0 spiro atoms. The summed E-state index contributed by atoms with van der Waals surface area (Å²) in [5.41, 5.74) is -2.76. The Bertz CT molecular complexity index is 950. The first-order valence-electron chi connectivity index (χ1n) is 8.99. The van der Waals surface area contributed by atoms with E-state index in [1.54, 1.807) is 51.1 Å². The van der Waals surface area contributed by atoms with Gasteiger partial charge in [0.05, 0.1) is 5.56 Å². The number of alkyl halides is 3. The number of carbonyl (C=O) groups is 2. The zero-order valence-electron chi connectivity index (χ0n) is 16.6. The van der Waals surface area contributed by atoms with Crippen molar-refractivity contribution < 1.29 is 27.5 Å². The van der Waals surface area contributed by atoms with Crippen LogP contribution in [0.2, 0.25) is 0 Å². The number of alkyl carbamates (subject to hydrolysis) is 1. The van der Waals surface area contributed by atoms with Crippen molar-refractivity contribution in [2.75, 3.05) is 5.32 Å². The van der Waals surface area contributed by atoms with Crippen molar-refractivity contribution in [1.82, 2.24) is 10.3 Å². The molecule has 0 saturated heterocycles. The van der Waals surface area contributed by atoms with Gasteiger partial charge in [-0.3, -0.25) is 9.59 Å².